The van der Waals surface area contributed by atoms with E-state index in [1.165, 1.54) is 23.0 Å². The third kappa shape index (κ3) is 6.41. The van der Waals surface area contributed by atoms with Crippen molar-refractivity contribution < 1.29 is 18.3 Å². The van der Waals surface area contributed by atoms with Crippen LogP contribution in [0.25, 0.3) is 10.2 Å². The van der Waals surface area contributed by atoms with E-state index in [2.05, 4.69) is 21.6 Å². The van der Waals surface area contributed by atoms with Gasteiger partial charge in [-0.15, -0.1) is 11.3 Å². The first-order valence-corrected chi connectivity index (χ1v) is 11.7. The average Bonchev–Trinajstić information content (AvgIpc) is 3.43. The number of aromatic nitrogens is 1. The molecule has 2 aromatic carbocycles. The second-order valence-corrected chi connectivity index (χ2v) is 9.14. The maximum atomic E-state index is 12.9. The summed E-state index contributed by atoms with van der Waals surface area (Å²) in [6.07, 6.45) is 2.52. The molecule has 2 aromatic heterocycles. The molecule has 0 aliphatic heterocycles. The summed E-state index contributed by atoms with van der Waals surface area (Å²) in [6.45, 7) is 0.260. The lowest BCUT2D eigenvalue weighted by Gasteiger charge is -2.02. The number of thiazole rings is 1. The summed E-state index contributed by atoms with van der Waals surface area (Å²) < 4.78 is 26.1. The molecule has 1 amide bonds. The maximum Gasteiger partial charge on any atom is 0.285 e. The topological polar surface area (TPSA) is 76.7 Å². The predicted molar refractivity (Wildman–Crippen MR) is 125 cm³/mol. The molecule has 0 atom stereocenters. The molecule has 0 radical (unpaired) electrons. The van der Waals surface area contributed by atoms with Gasteiger partial charge >= 0.3 is 0 Å². The van der Waals surface area contributed by atoms with Gasteiger partial charge in [-0.3, -0.25) is 4.79 Å². The van der Waals surface area contributed by atoms with Gasteiger partial charge in [0.25, 0.3) is 5.95 Å². The Kier molecular flexibility index (Phi) is 7.52. The number of fused-ring (bicyclic) bond motifs is 1. The first-order chi connectivity index (χ1) is 15.7. The van der Waals surface area contributed by atoms with Crippen LogP contribution >= 0.6 is 23.1 Å². The Balaban J connectivity index is 1.14. The Morgan fingerprint density at radius 1 is 1.19 bits per heavy atom. The molecule has 0 saturated heterocycles. The Morgan fingerprint density at radius 3 is 2.88 bits per heavy atom. The molecule has 6 nitrogen and oxygen atoms in total. The molecule has 4 aromatic rings. The van der Waals surface area contributed by atoms with Gasteiger partial charge in [0.05, 0.1) is 16.4 Å². The highest BCUT2D eigenvalue weighted by Gasteiger charge is 2.06. The fourth-order valence-corrected chi connectivity index (χ4v) is 4.82. The number of ether oxygens (including phenoxy) is 1. The summed E-state index contributed by atoms with van der Waals surface area (Å²) >= 11 is 3.32. The zero-order valence-corrected chi connectivity index (χ0v) is 18.6. The maximum absolute atomic E-state index is 12.9. The lowest BCUT2D eigenvalue weighted by molar-refractivity contribution is -0.121. The Hall–Kier alpha value is -3.17. The van der Waals surface area contributed by atoms with E-state index in [0.717, 1.165) is 27.6 Å². The van der Waals surface area contributed by atoms with Gasteiger partial charge < -0.3 is 9.15 Å². The molecule has 2 heterocycles. The number of para-hydroxylation sites is 1. The lowest BCUT2D eigenvalue weighted by atomic mass is 10.2. The predicted octanol–water partition coefficient (Wildman–Crippen LogP) is 5.63. The van der Waals surface area contributed by atoms with E-state index in [4.69, 9.17) is 9.15 Å². The van der Waals surface area contributed by atoms with Crippen LogP contribution in [-0.4, -0.2) is 22.9 Å². The van der Waals surface area contributed by atoms with E-state index >= 15 is 0 Å². The highest BCUT2D eigenvalue weighted by atomic mass is 32.2. The monoisotopic (exact) mass is 469 g/mol. The van der Waals surface area contributed by atoms with E-state index in [1.807, 2.05) is 18.2 Å². The van der Waals surface area contributed by atoms with Gasteiger partial charge in [0.2, 0.25) is 5.91 Å². The Bertz CT molecular complexity index is 1170. The van der Waals surface area contributed by atoms with E-state index < -0.39 is 0 Å². The van der Waals surface area contributed by atoms with Crippen molar-refractivity contribution >= 4 is 45.4 Å². The number of hydrogen-bond acceptors (Lipinski definition) is 7. The number of carbonyl (C=O) groups excluding carboxylic acids is 1. The molecule has 0 fully saturated rings. The number of nitrogens with one attached hydrogen (secondary N) is 1. The van der Waals surface area contributed by atoms with Crippen molar-refractivity contribution in [2.24, 2.45) is 5.10 Å². The number of amides is 1. The van der Waals surface area contributed by atoms with Gasteiger partial charge in [-0.05, 0) is 42.3 Å². The average molecular weight is 470 g/mol. The van der Waals surface area contributed by atoms with Gasteiger partial charge in [0.1, 0.15) is 12.4 Å². The van der Waals surface area contributed by atoms with Gasteiger partial charge in [-0.25, -0.2) is 14.8 Å². The fraction of sp³-hybridized carbons (Fsp3) is 0.174. The van der Waals surface area contributed by atoms with Crippen LogP contribution in [0.15, 0.2) is 74.5 Å². The van der Waals surface area contributed by atoms with Gasteiger partial charge in [-0.2, -0.15) is 5.10 Å². The molecule has 0 aliphatic carbocycles. The molecule has 0 aliphatic rings. The molecule has 164 valence electrons. The normalized spacial score (nSPS) is 11.3. The van der Waals surface area contributed by atoms with Crippen LogP contribution < -0.4 is 10.2 Å². The lowest BCUT2D eigenvalue weighted by Crippen LogP contribution is -2.17. The SMILES string of the molecule is O=C(CCCSc1nc2ccccc2s1)N/N=C/c1ccc(OCc2ccc(F)cc2)o1. The van der Waals surface area contributed by atoms with E-state index in [0.29, 0.717) is 18.1 Å². The number of hydrogen-bond donors (Lipinski definition) is 1. The molecule has 4 rings (SSSR count). The summed E-state index contributed by atoms with van der Waals surface area (Å²) in [7, 11) is 0. The molecular formula is C23H20FN3O3S2. The van der Waals surface area contributed by atoms with Gasteiger partial charge in [0.15, 0.2) is 10.1 Å². The minimum Gasteiger partial charge on any atom is -0.460 e. The van der Waals surface area contributed by atoms with Crippen molar-refractivity contribution in [1.82, 2.24) is 10.4 Å². The summed E-state index contributed by atoms with van der Waals surface area (Å²) in [5.74, 6) is 1.12. The molecule has 0 saturated carbocycles. The number of rotatable bonds is 10. The minimum atomic E-state index is -0.292. The Morgan fingerprint density at radius 2 is 2.03 bits per heavy atom. The molecule has 0 bridgehead atoms. The van der Waals surface area contributed by atoms with E-state index in [-0.39, 0.29) is 18.3 Å². The van der Waals surface area contributed by atoms with Crippen LogP contribution in [0.2, 0.25) is 0 Å². The third-order valence-electron chi connectivity index (χ3n) is 4.33. The van der Waals surface area contributed by atoms with Crippen molar-refractivity contribution in [3.05, 3.63) is 77.8 Å². The second kappa shape index (κ2) is 10.9. The first kappa shape index (κ1) is 22.0. The van der Waals surface area contributed by atoms with E-state index in [1.54, 1.807) is 47.4 Å². The molecular weight excluding hydrogens is 449 g/mol. The molecule has 0 spiro atoms. The smallest absolute Gasteiger partial charge is 0.285 e. The quantitative estimate of drug-likeness (QED) is 0.141. The highest BCUT2D eigenvalue weighted by Crippen LogP contribution is 2.29. The zero-order valence-electron chi connectivity index (χ0n) is 17.0. The number of nitrogens with zero attached hydrogens (tertiary/aromatic N) is 2. The van der Waals surface area contributed by atoms with Gasteiger partial charge in [0, 0.05) is 18.2 Å². The van der Waals surface area contributed by atoms with Crippen molar-refractivity contribution in [3.8, 4) is 5.95 Å². The van der Waals surface area contributed by atoms with Crippen LogP contribution in [0, 0.1) is 5.82 Å². The van der Waals surface area contributed by atoms with Crippen LogP contribution in [0.4, 0.5) is 4.39 Å². The molecule has 1 N–H and O–H groups in total. The minimum absolute atomic E-state index is 0.162. The van der Waals surface area contributed by atoms with Crippen molar-refractivity contribution in [2.45, 2.75) is 23.8 Å². The van der Waals surface area contributed by atoms with Crippen molar-refractivity contribution in [1.29, 1.82) is 0 Å². The van der Waals surface area contributed by atoms with Gasteiger partial charge in [-0.1, -0.05) is 36.0 Å². The molecule has 9 heteroatoms. The first-order valence-electron chi connectivity index (χ1n) is 9.93. The van der Waals surface area contributed by atoms with Crippen LogP contribution in [0.3, 0.4) is 0 Å². The third-order valence-corrected chi connectivity index (χ3v) is 6.59. The van der Waals surface area contributed by atoms with Crippen LogP contribution in [0.1, 0.15) is 24.2 Å². The number of thioether (sulfide) groups is 1. The standard InChI is InChI=1S/C23H20FN3O3S2/c24-17-9-7-16(8-10-17)15-29-22-12-11-18(30-22)14-25-27-21(28)6-3-13-31-23-26-19-4-1-2-5-20(19)32-23/h1-2,4-5,7-12,14H,3,6,13,15H2,(H,27,28)/b25-14+. The van der Waals surface area contributed by atoms with Crippen molar-refractivity contribution in [2.75, 3.05) is 5.75 Å². The number of halogens is 1. The van der Waals surface area contributed by atoms with Crippen LogP contribution in [0.5, 0.6) is 5.95 Å². The molecule has 32 heavy (non-hydrogen) atoms. The summed E-state index contributed by atoms with van der Waals surface area (Å²) in [6, 6.07) is 17.4. The van der Waals surface area contributed by atoms with Crippen LogP contribution in [-0.2, 0) is 11.4 Å². The number of benzene rings is 2. The largest absolute Gasteiger partial charge is 0.460 e. The Labute approximate surface area is 192 Å². The highest BCUT2D eigenvalue weighted by molar-refractivity contribution is 8.01. The summed E-state index contributed by atoms with van der Waals surface area (Å²) in [5.41, 5.74) is 4.33. The van der Waals surface area contributed by atoms with E-state index in [9.17, 15) is 9.18 Å². The zero-order chi connectivity index (χ0) is 22.2. The summed E-state index contributed by atoms with van der Waals surface area (Å²) in [4.78, 5) is 16.5. The van der Waals surface area contributed by atoms with Crippen molar-refractivity contribution in [3.63, 3.8) is 0 Å². The number of carbonyl (C=O) groups is 1. The fourth-order valence-electron chi connectivity index (χ4n) is 2.75. The summed E-state index contributed by atoms with van der Waals surface area (Å²) in [5, 5.41) is 3.92. The molecule has 0 unspecified atom stereocenters. The second-order valence-electron chi connectivity index (χ2n) is 6.76. The number of hydrazone groups is 1. The number of furan rings is 1.